The van der Waals surface area contributed by atoms with E-state index in [1.165, 1.54) is 12.3 Å². The number of carbonyl (C=O) groups is 1. The van der Waals surface area contributed by atoms with Crippen LogP contribution in [0.1, 0.15) is 30.8 Å². The third-order valence-corrected chi connectivity index (χ3v) is 4.85. The maximum Gasteiger partial charge on any atom is 0.317 e. The molecule has 9 nitrogen and oxygen atoms in total. The first-order valence-electron chi connectivity index (χ1n) is 6.78. The molecule has 0 aliphatic carbocycles. The van der Waals surface area contributed by atoms with Crippen LogP contribution in [0.4, 0.5) is 0 Å². The summed E-state index contributed by atoms with van der Waals surface area (Å²) in [6.07, 6.45) is 2.53. The Morgan fingerprint density at radius 2 is 2.30 bits per heavy atom. The molecule has 11 heteroatoms. The molecule has 0 bridgehead atoms. The molecule has 1 unspecified atom stereocenters. The molecule has 128 valence electrons. The van der Waals surface area contributed by atoms with E-state index in [9.17, 15) is 13.2 Å². The van der Waals surface area contributed by atoms with Gasteiger partial charge in [0.05, 0.1) is 12.7 Å². The Hall–Kier alpha value is -1.33. The lowest BCUT2D eigenvalue weighted by atomic mass is 10.3. The minimum atomic E-state index is -4.19. The molecule has 2 rings (SSSR count). The number of nitrogens with zero attached hydrogens (tertiary/aromatic N) is 3. The normalized spacial score (nSPS) is 20.6. The van der Waals surface area contributed by atoms with Crippen LogP contribution in [-0.2, 0) is 19.7 Å². The molecule has 1 aliphatic rings. The Bertz CT molecular complexity index is 655. The number of amides is 1. The van der Waals surface area contributed by atoms with Crippen LogP contribution in [0.5, 0.6) is 0 Å². The topological polar surface area (TPSA) is 111 Å². The number of hydrogen-bond donors (Lipinski definition) is 1. The summed E-state index contributed by atoms with van der Waals surface area (Å²) < 4.78 is 37.3. The van der Waals surface area contributed by atoms with Gasteiger partial charge in [-0.1, -0.05) is 3.82 Å². The average Bonchev–Trinajstić information content (AvgIpc) is 2.84. The van der Waals surface area contributed by atoms with Crippen LogP contribution in [0.25, 0.3) is 0 Å². The summed E-state index contributed by atoms with van der Waals surface area (Å²) in [5.41, 5.74) is -0.0806. The van der Waals surface area contributed by atoms with E-state index < -0.39 is 21.9 Å². The Morgan fingerprint density at radius 1 is 1.57 bits per heavy atom. The lowest BCUT2D eigenvalue weighted by Crippen LogP contribution is -2.40. The highest BCUT2D eigenvalue weighted by Gasteiger charge is 2.33. The van der Waals surface area contributed by atoms with Crippen LogP contribution in [0.15, 0.2) is 18.6 Å². The minimum absolute atomic E-state index is 0.0436. The number of halogens is 1. The van der Waals surface area contributed by atoms with Crippen molar-refractivity contribution in [3.05, 3.63) is 24.3 Å². The summed E-state index contributed by atoms with van der Waals surface area (Å²) in [5.74, 6) is -1.58. The summed E-state index contributed by atoms with van der Waals surface area (Å²) in [6.45, 7) is 3.84. The molecule has 1 amide bonds. The standard InChI is InChI=1S/C12H17ClN4O5S/c1-12(2)21-7-9(22-12)4-6-17(13)23(19,20)16-11(18)10-3-5-14-8-15-10/h3,5,8-9H,4,6-7H2,1-2H3,(H,16,18). The fourth-order valence-electron chi connectivity index (χ4n) is 1.91. The van der Waals surface area contributed by atoms with Crippen molar-refractivity contribution in [3.63, 3.8) is 0 Å². The van der Waals surface area contributed by atoms with Crippen molar-refractivity contribution in [2.75, 3.05) is 13.2 Å². The van der Waals surface area contributed by atoms with Crippen LogP contribution in [0.3, 0.4) is 0 Å². The number of rotatable bonds is 6. The highest BCUT2D eigenvalue weighted by Crippen LogP contribution is 2.24. The minimum Gasteiger partial charge on any atom is -0.348 e. The molecule has 1 aliphatic heterocycles. The van der Waals surface area contributed by atoms with E-state index in [2.05, 4.69) is 9.97 Å². The fraction of sp³-hybridized carbons (Fsp3) is 0.583. The summed E-state index contributed by atoms with van der Waals surface area (Å²) in [4.78, 5) is 19.1. The van der Waals surface area contributed by atoms with Crippen molar-refractivity contribution in [1.29, 1.82) is 0 Å². The Kier molecular flexibility index (Phi) is 5.53. The molecular formula is C12H17ClN4O5S. The number of hydrogen-bond acceptors (Lipinski definition) is 7. The molecule has 1 aromatic heterocycles. The van der Waals surface area contributed by atoms with Gasteiger partial charge in [0.25, 0.3) is 5.91 Å². The first-order valence-corrected chi connectivity index (χ1v) is 8.56. The van der Waals surface area contributed by atoms with Crippen molar-refractivity contribution in [3.8, 4) is 0 Å². The average molecular weight is 365 g/mol. The molecule has 0 saturated carbocycles. The maximum atomic E-state index is 12.0. The summed E-state index contributed by atoms with van der Waals surface area (Å²) in [5, 5.41) is 0. The van der Waals surface area contributed by atoms with E-state index in [-0.39, 0.29) is 18.3 Å². The predicted octanol–water partition coefficient (Wildman–Crippen LogP) is 0.449. The molecule has 1 aromatic rings. The fourth-order valence-corrected chi connectivity index (χ4v) is 2.90. The lowest BCUT2D eigenvalue weighted by Gasteiger charge is -2.18. The van der Waals surface area contributed by atoms with Gasteiger partial charge in [-0.05, 0) is 38.1 Å². The van der Waals surface area contributed by atoms with E-state index in [1.807, 2.05) is 4.72 Å². The maximum absolute atomic E-state index is 12.0. The van der Waals surface area contributed by atoms with Gasteiger partial charge in [-0.15, -0.1) is 0 Å². The Morgan fingerprint density at radius 3 is 2.87 bits per heavy atom. The van der Waals surface area contributed by atoms with Gasteiger partial charge in [0.15, 0.2) is 5.79 Å². The van der Waals surface area contributed by atoms with Crippen molar-refractivity contribution in [1.82, 2.24) is 18.5 Å². The van der Waals surface area contributed by atoms with Crippen LogP contribution in [0, 0.1) is 0 Å². The molecule has 1 fully saturated rings. The van der Waals surface area contributed by atoms with E-state index in [0.717, 1.165) is 6.33 Å². The smallest absolute Gasteiger partial charge is 0.317 e. The summed E-state index contributed by atoms with van der Waals surface area (Å²) in [6, 6.07) is 1.29. The van der Waals surface area contributed by atoms with Gasteiger partial charge in [-0.2, -0.15) is 8.42 Å². The molecule has 2 heterocycles. The van der Waals surface area contributed by atoms with Crippen molar-refractivity contribution in [2.45, 2.75) is 32.2 Å². The highest BCUT2D eigenvalue weighted by atomic mass is 35.5. The van der Waals surface area contributed by atoms with Gasteiger partial charge in [0, 0.05) is 12.7 Å². The van der Waals surface area contributed by atoms with Crippen LogP contribution < -0.4 is 4.72 Å². The van der Waals surface area contributed by atoms with Gasteiger partial charge in [0.2, 0.25) is 0 Å². The number of carbonyl (C=O) groups excluding carboxylic acids is 1. The first-order chi connectivity index (χ1) is 10.7. The van der Waals surface area contributed by atoms with Gasteiger partial charge in [-0.3, -0.25) is 4.79 Å². The Balaban J connectivity index is 1.88. The van der Waals surface area contributed by atoms with Crippen LogP contribution in [-0.4, -0.2) is 53.2 Å². The molecule has 0 aromatic carbocycles. The van der Waals surface area contributed by atoms with Crippen molar-refractivity contribution >= 4 is 27.9 Å². The monoisotopic (exact) mass is 364 g/mol. The molecule has 1 saturated heterocycles. The second-order valence-corrected chi connectivity index (χ2v) is 7.49. The SMILES string of the molecule is CC1(C)OCC(CCN(Cl)S(=O)(=O)NC(=O)c2ccncn2)O1. The van der Waals surface area contributed by atoms with Gasteiger partial charge >= 0.3 is 10.2 Å². The summed E-state index contributed by atoms with van der Waals surface area (Å²) >= 11 is 5.76. The van der Waals surface area contributed by atoms with E-state index in [4.69, 9.17) is 21.3 Å². The van der Waals surface area contributed by atoms with Crippen molar-refractivity contribution in [2.24, 2.45) is 0 Å². The van der Waals surface area contributed by atoms with E-state index >= 15 is 0 Å². The first kappa shape index (κ1) is 18.0. The molecule has 0 radical (unpaired) electrons. The zero-order valence-electron chi connectivity index (χ0n) is 12.6. The molecule has 1 N–H and O–H groups in total. The number of nitrogens with one attached hydrogen (secondary N) is 1. The van der Waals surface area contributed by atoms with Crippen molar-refractivity contribution < 1.29 is 22.7 Å². The van der Waals surface area contributed by atoms with Gasteiger partial charge < -0.3 is 9.47 Å². The van der Waals surface area contributed by atoms with Crippen LogP contribution >= 0.6 is 11.8 Å². The third-order valence-electron chi connectivity index (χ3n) is 2.99. The molecule has 1 atom stereocenters. The zero-order valence-corrected chi connectivity index (χ0v) is 14.2. The zero-order chi connectivity index (χ0) is 17.1. The van der Waals surface area contributed by atoms with E-state index in [1.54, 1.807) is 13.8 Å². The summed E-state index contributed by atoms with van der Waals surface area (Å²) in [7, 11) is -4.19. The molecule has 0 spiro atoms. The predicted molar refractivity (Wildman–Crippen MR) is 80.5 cm³/mol. The lowest BCUT2D eigenvalue weighted by molar-refractivity contribution is -0.138. The highest BCUT2D eigenvalue weighted by molar-refractivity contribution is 7.88. The quantitative estimate of drug-likeness (QED) is 0.729. The van der Waals surface area contributed by atoms with E-state index in [0.29, 0.717) is 16.9 Å². The Labute approximate surface area is 139 Å². The second-order valence-electron chi connectivity index (χ2n) is 5.28. The largest absolute Gasteiger partial charge is 0.348 e. The molecular weight excluding hydrogens is 348 g/mol. The molecule has 23 heavy (non-hydrogen) atoms. The van der Waals surface area contributed by atoms with Crippen LogP contribution in [0.2, 0.25) is 0 Å². The van der Waals surface area contributed by atoms with Gasteiger partial charge in [0.1, 0.15) is 12.0 Å². The third kappa shape index (κ3) is 5.08. The second kappa shape index (κ2) is 7.05. The number of aromatic nitrogens is 2. The van der Waals surface area contributed by atoms with Gasteiger partial charge in [-0.25, -0.2) is 14.7 Å². The number of ether oxygens (including phenoxy) is 2.